The summed E-state index contributed by atoms with van der Waals surface area (Å²) < 4.78 is 15.8. The third kappa shape index (κ3) is 8.04. The number of allylic oxidation sites excluding steroid dienone is 1. The fourth-order valence-corrected chi connectivity index (χ4v) is 1.64. The molecule has 1 rings (SSSR count). The summed E-state index contributed by atoms with van der Waals surface area (Å²) >= 11 is 0. The Morgan fingerprint density at radius 1 is 1.04 bits per heavy atom. The summed E-state index contributed by atoms with van der Waals surface area (Å²) in [6.45, 7) is 7.84. The third-order valence-corrected chi connectivity index (χ3v) is 2.70. The van der Waals surface area contributed by atoms with Gasteiger partial charge in [0.2, 0.25) is 0 Å². The van der Waals surface area contributed by atoms with Gasteiger partial charge in [-0.3, -0.25) is 9.59 Å². The van der Waals surface area contributed by atoms with Gasteiger partial charge in [-0.2, -0.15) is 0 Å². The Balaban J connectivity index is 2.45. The van der Waals surface area contributed by atoms with Crippen molar-refractivity contribution in [1.29, 1.82) is 0 Å². The van der Waals surface area contributed by atoms with Crippen molar-refractivity contribution >= 4 is 11.9 Å². The summed E-state index contributed by atoms with van der Waals surface area (Å²) in [6, 6.07) is 6.94. The molecule has 0 amide bonds. The van der Waals surface area contributed by atoms with Crippen LogP contribution in [0.3, 0.4) is 0 Å². The highest BCUT2D eigenvalue weighted by molar-refractivity contribution is 5.79. The highest BCUT2D eigenvalue weighted by atomic mass is 16.6. The van der Waals surface area contributed by atoms with E-state index in [-0.39, 0.29) is 25.6 Å². The van der Waals surface area contributed by atoms with Gasteiger partial charge in [0.25, 0.3) is 0 Å². The first kappa shape index (κ1) is 18.7. The first-order chi connectivity index (χ1) is 10.9. The Morgan fingerprint density at radius 2 is 1.65 bits per heavy atom. The van der Waals surface area contributed by atoms with E-state index in [4.69, 9.17) is 14.2 Å². The molecule has 1 aromatic carbocycles. The molecule has 0 atom stereocenters. The molecule has 23 heavy (non-hydrogen) atoms. The zero-order valence-corrected chi connectivity index (χ0v) is 14.1. The number of hydrogen-bond acceptors (Lipinski definition) is 5. The molecule has 0 bridgehead atoms. The molecular formula is C18H24O5. The van der Waals surface area contributed by atoms with Crippen LogP contribution in [0.15, 0.2) is 35.9 Å². The summed E-state index contributed by atoms with van der Waals surface area (Å²) in [5.74, 6) is -0.0683. The lowest BCUT2D eigenvalue weighted by Gasteiger charge is -2.13. The van der Waals surface area contributed by atoms with E-state index in [1.54, 1.807) is 30.3 Å². The van der Waals surface area contributed by atoms with Crippen molar-refractivity contribution in [2.24, 2.45) is 0 Å². The Kier molecular flexibility index (Phi) is 7.88. The van der Waals surface area contributed by atoms with Crippen LogP contribution in [0.4, 0.5) is 0 Å². The van der Waals surface area contributed by atoms with E-state index in [1.165, 1.54) is 0 Å². The predicted molar refractivity (Wildman–Crippen MR) is 87.5 cm³/mol. The molecule has 0 spiro atoms. The van der Waals surface area contributed by atoms with E-state index < -0.39 is 11.9 Å². The highest BCUT2D eigenvalue weighted by Gasteiger charge is 2.13. The molecule has 0 aromatic heterocycles. The van der Waals surface area contributed by atoms with Crippen molar-refractivity contribution in [1.82, 2.24) is 0 Å². The van der Waals surface area contributed by atoms with E-state index in [0.29, 0.717) is 11.5 Å². The lowest BCUT2D eigenvalue weighted by Crippen LogP contribution is -2.14. The van der Waals surface area contributed by atoms with Crippen molar-refractivity contribution < 1.29 is 23.8 Å². The Hall–Kier alpha value is -2.30. The molecule has 0 radical (unpaired) electrons. The minimum atomic E-state index is -0.496. The maximum atomic E-state index is 11.8. The smallest absolute Gasteiger partial charge is 0.311 e. The molecule has 0 fully saturated rings. The number of para-hydroxylation sites is 2. The average molecular weight is 320 g/mol. The van der Waals surface area contributed by atoms with Gasteiger partial charge in [-0.1, -0.05) is 17.7 Å². The zero-order chi connectivity index (χ0) is 17.2. The van der Waals surface area contributed by atoms with Gasteiger partial charge in [-0.15, -0.1) is 0 Å². The number of carbonyl (C=O) groups is 2. The number of ether oxygens (including phenoxy) is 3. The number of rotatable bonds is 8. The van der Waals surface area contributed by atoms with Crippen LogP contribution in [0.2, 0.25) is 0 Å². The van der Waals surface area contributed by atoms with Gasteiger partial charge in [0, 0.05) is 0 Å². The zero-order valence-electron chi connectivity index (χ0n) is 14.1. The second kappa shape index (κ2) is 9.66. The SMILES string of the molecule is CC(C)=CCOC(=O)CCC(=O)Oc1ccccc1OC(C)C. The maximum absolute atomic E-state index is 11.8. The molecule has 0 N–H and O–H groups in total. The quantitative estimate of drug-likeness (QED) is 0.415. The van der Waals surface area contributed by atoms with Crippen molar-refractivity contribution in [3.8, 4) is 11.5 Å². The first-order valence-corrected chi connectivity index (χ1v) is 7.64. The van der Waals surface area contributed by atoms with Crippen molar-refractivity contribution in [3.05, 3.63) is 35.9 Å². The summed E-state index contributed by atoms with van der Waals surface area (Å²) in [4.78, 5) is 23.3. The summed E-state index contributed by atoms with van der Waals surface area (Å²) in [5, 5.41) is 0. The van der Waals surface area contributed by atoms with Gasteiger partial charge in [0.1, 0.15) is 6.61 Å². The molecule has 0 unspecified atom stereocenters. The van der Waals surface area contributed by atoms with Crippen molar-refractivity contribution in [2.75, 3.05) is 6.61 Å². The van der Waals surface area contributed by atoms with E-state index in [9.17, 15) is 9.59 Å². The summed E-state index contributed by atoms with van der Waals surface area (Å²) in [6.07, 6.45) is 1.72. The van der Waals surface area contributed by atoms with E-state index in [1.807, 2.05) is 27.7 Å². The lowest BCUT2D eigenvalue weighted by molar-refractivity contribution is -0.146. The first-order valence-electron chi connectivity index (χ1n) is 7.64. The van der Waals surface area contributed by atoms with Gasteiger partial charge in [-0.05, 0) is 45.9 Å². The Labute approximate surface area is 137 Å². The maximum Gasteiger partial charge on any atom is 0.311 e. The molecule has 5 nitrogen and oxygen atoms in total. The molecule has 1 aromatic rings. The molecule has 0 aliphatic rings. The van der Waals surface area contributed by atoms with Crippen LogP contribution in [0.5, 0.6) is 11.5 Å². The largest absolute Gasteiger partial charge is 0.487 e. The van der Waals surface area contributed by atoms with Crippen LogP contribution in [0.25, 0.3) is 0 Å². The summed E-state index contributed by atoms with van der Waals surface area (Å²) in [7, 11) is 0. The van der Waals surface area contributed by atoms with Gasteiger partial charge < -0.3 is 14.2 Å². The number of benzene rings is 1. The van der Waals surface area contributed by atoms with Gasteiger partial charge >= 0.3 is 11.9 Å². The Morgan fingerprint density at radius 3 is 2.26 bits per heavy atom. The van der Waals surface area contributed by atoms with E-state index in [0.717, 1.165) is 5.57 Å². The second-order valence-corrected chi connectivity index (χ2v) is 5.55. The molecule has 0 saturated heterocycles. The fraction of sp³-hybridized carbons (Fsp3) is 0.444. The molecule has 0 aliphatic heterocycles. The fourth-order valence-electron chi connectivity index (χ4n) is 1.64. The number of esters is 2. The second-order valence-electron chi connectivity index (χ2n) is 5.55. The van der Waals surface area contributed by atoms with Gasteiger partial charge in [-0.25, -0.2) is 0 Å². The molecular weight excluding hydrogens is 296 g/mol. The lowest BCUT2D eigenvalue weighted by atomic mass is 10.3. The minimum Gasteiger partial charge on any atom is -0.487 e. The standard InChI is InChI=1S/C18H24O5/c1-13(2)11-12-21-17(19)9-10-18(20)23-16-8-6-5-7-15(16)22-14(3)4/h5-8,11,14H,9-10,12H2,1-4H3. The topological polar surface area (TPSA) is 61.8 Å². The Bertz CT molecular complexity index is 556. The monoisotopic (exact) mass is 320 g/mol. The minimum absolute atomic E-state index is 0.0113. The van der Waals surface area contributed by atoms with Crippen molar-refractivity contribution in [2.45, 2.75) is 46.6 Å². The van der Waals surface area contributed by atoms with Crippen LogP contribution >= 0.6 is 0 Å². The molecule has 0 aliphatic carbocycles. The molecule has 0 saturated carbocycles. The third-order valence-electron chi connectivity index (χ3n) is 2.70. The van der Waals surface area contributed by atoms with Crippen LogP contribution in [0.1, 0.15) is 40.5 Å². The number of carbonyl (C=O) groups excluding carboxylic acids is 2. The van der Waals surface area contributed by atoms with Crippen molar-refractivity contribution in [3.63, 3.8) is 0 Å². The molecule has 5 heteroatoms. The van der Waals surface area contributed by atoms with Gasteiger partial charge in [0.15, 0.2) is 11.5 Å². The predicted octanol–water partition coefficient (Wildman–Crippen LogP) is 3.67. The molecule has 0 heterocycles. The average Bonchev–Trinajstić information content (AvgIpc) is 2.46. The molecule has 126 valence electrons. The van der Waals surface area contributed by atoms with Gasteiger partial charge in [0.05, 0.1) is 18.9 Å². The van der Waals surface area contributed by atoms with E-state index >= 15 is 0 Å². The van der Waals surface area contributed by atoms with Crippen LogP contribution < -0.4 is 9.47 Å². The van der Waals surface area contributed by atoms with Crippen LogP contribution in [-0.2, 0) is 14.3 Å². The van der Waals surface area contributed by atoms with Crippen LogP contribution in [-0.4, -0.2) is 24.6 Å². The van der Waals surface area contributed by atoms with Crippen LogP contribution in [0, 0.1) is 0 Å². The normalized spacial score (nSPS) is 10.1. The van der Waals surface area contributed by atoms with E-state index in [2.05, 4.69) is 0 Å². The summed E-state index contributed by atoms with van der Waals surface area (Å²) in [5.41, 5.74) is 1.07. The number of hydrogen-bond donors (Lipinski definition) is 0. The highest BCUT2D eigenvalue weighted by Crippen LogP contribution is 2.27.